The summed E-state index contributed by atoms with van der Waals surface area (Å²) in [5, 5.41) is 9.56. The monoisotopic (exact) mass is 347 g/mol. The van der Waals surface area contributed by atoms with E-state index in [0.717, 1.165) is 11.3 Å². The summed E-state index contributed by atoms with van der Waals surface area (Å²) in [4.78, 5) is 18.0. The molecule has 1 aliphatic rings. The van der Waals surface area contributed by atoms with Crippen LogP contribution in [0.2, 0.25) is 0 Å². The second-order valence-corrected chi connectivity index (χ2v) is 6.78. The van der Waals surface area contributed by atoms with E-state index >= 15 is 0 Å². The number of carbonyl (C=O) groups excluding carboxylic acids is 1. The van der Waals surface area contributed by atoms with E-state index in [0.29, 0.717) is 29.8 Å². The van der Waals surface area contributed by atoms with Crippen molar-refractivity contribution in [1.82, 2.24) is 9.80 Å². The van der Waals surface area contributed by atoms with E-state index < -0.39 is 0 Å². The van der Waals surface area contributed by atoms with Crippen molar-refractivity contribution in [3.63, 3.8) is 0 Å². The molecule has 0 aliphatic carbocycles. The number of nitrogens with zero attached hydrogens (tertiary/aromatic N) is 3. The van der Waals surface area contributed by atoms with Gasteiger partial charge >= 0.3 is 0 Å². The molecule has 130 valence electrons. The van der Waals surface area contributed by atoms with E-state index in [1.165, 1.54) is 0 Å². The molecule has 1 fully saturated rings. The minimum absolute atomic E-state index is 0.0438. The summed E-state index contributed by atoms with van der Waals surface area (Å²) in [6, 6.07) is 7.88. The summed E-state index contributed by atoms with van der Waals surface area (Å²) in [6.07, 6.45) is 1.87. The van der Waals surface area contributed by atoms with Crippen molar-refractivity contribution in [2.45, 2.75) is 13.8 Å². The molecule has 0 bridgehead atoms. The van der Waals surface area contributed by atoms with Crippen LogP contribution in [0.4, 0.5) is 5.69 Å². The van der Waals surface area contributed by atoms with Crippen molar-refractivity contribution < 1.29 is 9.90 Å². The first-order valence-corrected chi connectivity index (χ1v) is 8.49. The van der Waals surface area contributed by atoms with Crippen molar-refractivity contribution in [2.75, 3.05) is 38.7 Å². The molecular formula is C18H25N3O2S. The maximum absolute atomic E-state index is 12.6. The second-order valence-electron chi connectivity index (χ2n) is 6.42. The zero-order valence-electron chi connectivity index (χ0n) is 14.7. The normalized spacial score (nSPS) is 16.7. The van der Waals surface area contributed by atoms with Crippen molar-refractivity contribution in [3.8, 4) is 0 Å². The average molecular weight is 347 g/mol. The number of aliphatic hydroxyl groups excluding tert-OH is 1. The van der Waals surface area contributed by atoms with Crippen LogP contribution in [0.5, 0.6) is 0 Å². The zero-order chi connectivity index (χ0) is 17.9. The summed E-state index contributed by atoms with van der Waals surface area (Å²) in [5.41, 5.74) is 2.56. The molecule has 2 rings (SSSR count). The average Bonchev–Trinajstić information content (AvgIpc) is 2.73. The van der Waals surface area contributed by atoms with Gasteiger partial charge in [-0.1, -0.05) is 26.0 Å². The fraction of sp³-hybridized carbons (Fsp3) is 0.444. The molecule has 24 heavy (non-hydrogen) atoms. The molecule has 1 aliphatic heterocycles. The van der Waals surface area contributed by atoms with E-state index in [1.54, 1.807) is 9.80 Å². The fourth-order valence-electron chi connectivity index (χ4n) is 2.60. The summed E-state index contributed by atoms with van der Waals surface area (Å²) >= 11 is 5.40. The van der Waals surface area contributed by atoms with Crippen molar-refractivity contribution in [3.05, 3.63) is 35.5 Å². The number of carbonyl (C=O) groups is 1. The number of anilines is 1. The molecule has 0 atom stereocenters. The first-order valence-electron chi connectivity index (χ1n) is 8.08. The number of hydrogen-bond donors (Lipinski definition) is 1. The standard InChI is InChI=1S/C18H25N3O2S/c1-13(2)12-21-17(23)16(20(4)18(21)24)11-14-5-7-15(8-6-14)19(3)9-10-22/h5-8,11,13,22H,9-10,12H2,1-4H3/b16-11-. The van der Waals surface area contributed by atoms with Gasteiger partial charge in [0.15, 0.2) is 5.11 Å². The van der Waals surface area contributed by atoms with E-state index in [4.69, 9.17) is 17.3 Å². The largest absolute Gasteiger partial charge is 0.395 e. The van der Waals surface area contributed by atoms with Gasteiger partial charge < -0.3 is 14.9 Å². The molecule has 0 unspecified atom stereocenters. The van der Waals surface area contributed by atoms with Gasteiger partial charge in [-0.05, 0) is 41.9 Å². The Morgan fingerprint density at radius 2 is 1.92 bits per heavy atom. The van der Waals surface area contributed by atoms with E-state index in [2.05, 4.69) is 13.8 Å². The number of rotatable bonds is 6. The van der Waals surface area contributed by atoms with Crippen LogP contribution >= 0.6 is 12.2 Å². The van der Waals surface area contributed by atoms with Crippen molar-refractivity contribution in [1.29, 1.82) is 0 Å². The smallest absolute Gasteiger partial charge is 0.276 e. The Morgan fingerprint density at radius 1 is 1.29 bits per heavy atom. The molecule has 1 aromatic rings. The van der Waals surface area contributed by atoms with Crippen molar-refractivity contribution >= 4 is 35.0 Å². The van der Waals surface area contributed by atoms with Crippen LogP contribution in [0, 0.1) is 5.92 Å². The maximum atomic E-state index is 12.6. The highest BCUT2D eigenvalue weighted by Crippen LogP contribution is 2.24. The molecule has 0 aromatic heterocycles. The molecule has 1 heterocycles. The van der Waals surface area contributed by atoms with E-state index in [-0.39, 0.29) is 12.5 Å². The highest BCUT2D eigenvalue weighted by Gasteiger charge is 2.35. The lowest BCUT2D eigenvalue weighted by molar-refractivity contribution is -0.122. The Bertz CT molecular complexity index is 640. The van der Waals surface area contributed by atoms with Crippen LogP contribution < -0.4 is 4.90 Å². The lowest BCUT2D eigenvalue weighted by Gasteiger charge is -2.18. The molecule has 0 saturated carbocycles. The van der Waals surface area contributed by atoms with Gasteiger partial charge in [-0.15, -0.1) is 0 Å². The molecule has 0 radical (unpaired) electrons. The number of hydrogen-bond acceptors (Lipinski definition) is 4. The molecule has 1 saturated heterocycles. The predicted octanol–water partition coefficient (Wildman–Crippen LogP) is 2.17. The van der Waals surface area contributed by atoms with E-state index in [1.807, 2.05) is 49.3 Å². The number of benzene rings is 1. The van der Waals surface area contributed by atoms with Gasteiger partial charge in [-0.2, -0.15) is 0 Å². The molecule has 1 aromatic carbocycles. The second kappa shape index (κ2) is 7.77. The third-order valence-corrected chi connectivity index (χ3v) is 4.46. The van der Waals surface area contributed by atoms with Crippen LogP contribution in [-0.2, 0) is 4.79 Å². The Morgan fingerprint density at radius 3 is 2.46 bits per heavy atom. The summed E-state index contributed by atoms with van der Waals surface area (Å²) in [7, 11) is 3.76. The predicted molar refractivity (Wildman–Crippen MR) is 102 cm³/mol. The Hall–Kier alpha value is -1.92. The highest BCUT2D eigenvalue weighted by molar-refractivity contribution is 7.80. The van der Waals surface area contributed by atoms with Crippen LogP contribution in [0.1, 0.15) is 19.4 Å². The first-order chi connectivity index (χ1) is 11.3. The summed E-state index contributed by atoms with van der Waals surface area (Å²) < 4.78 is 0. The number of aliphatic hydroxyl groups is 1. The third kappa shape index (κ3) is 3.94. The third-order valence-electron chi connectivity index (χ3n) is 3.96. The van der Waals surface area contributed by atoms with Gasteiger partial charge in [-0.3, -0.25) is 9.69 Å². The molecular weight excluding hydrogens is 322 g/mol. The number of likely N-dealkylation sites (N-methyl/N-ethyl adjacent to an activating group) is 2. The fourth-order valence-corrected chi connectivity index (χ4v) is 2.86. The SMILES string of the molecule is CC(C)CN1C(=O)/C(=C/c2ccc(N(C)CCO)cc2)N(C)C1=S. The number of amides is 1. The van der Waals surface area contributed by atoms with Gasteiger partial charge in [0.05, 0.1) is 6.61 Å². The zero-order valence-corrected chi connectivity index (χ0v) is 15.5. The van der Waals surface area contributed by atoms with Gasteiger partial charge in [0.25, 0.3) is 5.91 Å². The summed E-state index contributed by atoms with van der Waals surface area (Å²) in [6.45, 7) is 5.47. The highest BCUT2D eigenvalue weighted by atomic mass is 32.1. The maximum Gasteiger partial charge on any atom is 0.276 e. The molecule has 1 N–H and O–H groups in total. The number of thiocarbonyl (C=S) groups is 1. The van der Waals surface area contributed by atoms with Crippen LogP contribution in [0.3, 0.4) is 0 Å². The lowest BCUT2D eigenvalue weighted by atomic mass is 10.1. The lowest BCUT2D eigenvalue weighted by Crippen LogP contribution is -2.34. The van der Waals surface area contributed by atoms with E-state index in [9.17, 15) is 4.79 Å². The molecule has 0 spiro atoms. The van der Waals surface area contributed by atoms with Crippen LogP contribution in [0.25, 0.3) is 6.08 Å². The first kappa shape index (κ1) is 18.4. The minimum atomic E-state index is -0.0438. The quantitative estimate of drug-likeness (QED) is 0.631. The van der Waals surface area contributed by atoms with Gasteiger partial charge in [0, 0.05) is 32.9 Å². The Kier molecular flexibility index (Phi) is 5.96. The summed E-state index contributed by atoms with van der Waals surface area (Å²) in [5.74, 6) is 0.318. The Balaban J connectivity index is 2.21. The minimum Gasteiger partial charge on any atom is -0.395 e. The molecule has 6 heteroatoms. The molecule has 1 amide bonds. The van der Waals surface area contributed by atoms with Gasteiger partial charge in [-0.25, -0.2) is 0 Å². The Labute approximate surface area is 149 Å². The van der Waals surface area contributed by atoms with Crippen LogP contribution in [0.15, 0.2) is 30.0 Å². The van der Waals surface area contributed by atoms with Crippen LogP contribution in [-0.4, -0.2) is 59.7 Å². The topological polar surface area (TPSA) is 47.0 Å². The molecule has 5 nitrogen and oxygen atoms in total. The van der Waals surface area contributed by atoms with Gasteiger partial charge in [0.2, 0.25) is 0 Å². The van der Waals surface area contributed by atoms with Crippen molar-refractivity contribution in [2.24, 2.45) is 5.92 Å². The van der Waals surface area contributed by atoms with Gasteiger partial charge in [0.1, 0.15) is 5.70 Å².